The van der Waals surface area contributed by atoms with Gasteiger partial charge in [-0.05, 0) is 13.8 Å². The minimum absolute atomic E-state index is 0.0243. The first-order valence-electron chi connectivity index (χ1n) is 4.07. The molecular formula is C6H15O6PS. The molecule has 86 valence electrons. The Kier molecular flexibility index (Phi) is 6.55. The molecule has 0 N–H and O–H groups in total. The first-order valence-corrected chi connectivity index (χ1v) is 6.93. The zero-order chi connectivity index (χ0) is 11.2. The van der Waals surface area contributed by atoms with Gasteiger partial charge in [0.1, 0.15) is 0 Å². The summed E-state index contributed by atoms with van der Waals surface area (Å²) in [6, 6.07) is 0. The Hall–Kier alpha value is 0.0600. The van der Waals surface area contributed by atoms with Crippen molar-refractivity contribution in [3.63, 3.8) is 0 Å². The lowest BCUT2D eigenvalue weighted by Gasteiger charge is -2.14. The van der Waals surface area contributed by atoms with Gasteiger partial charge in [-0.1, -0.05) is 0 Å². The lowest BCUT2D eigenvalue weighted by molar-refractivity contribution is 0.183. The number of ether oxygens (including phenoxy) is 1. The Bertz CT molecular complexity index is 274. The molecule has 0 saturated heterocycles. The van der Waals surface area contributed by atoms with E-state index in [1.54, 1.807) is 6.92 Å². The van der Waals surface area contributed by atoms with E-state index >= 15 is 0 Å². The van der Waals surface area contributed by atoms with Crippen molar-refractivity contribution in [1.82, 2.24) is 0 Å². The largest absolute Gasteiger partial charge is 0.355 e. The molecule has 0 bridgehead atoms. The van der Waals surface area contributed by atoms with E-state index in [0.717, 1.165) is 7.11 Å². The van der Waals surface area contributed by atoms with Gasteiger partial charge in [0.2, 0.25) is 8.03 Å². The van der Waals surface area contributed by atoms with Crippen LogP contribution < -0.4 is 0 Å². The highest BCUT2D eigenvalue weighted by Gasteiger charge is 2.32. The third-order valence-corrected chi connectivity index (χ3v) is 5.16. The van der Waals surface area contributed by atoms with E-state index in [4.69, 9.17) is 0 Å². The van der Waals surface area contributed by atoms with E-state index < -0.39 is 23.3 Å². The molecule has 2 atom stereocenters. The quantitative estimate of drug-likeness (QED) is 0.488. The van der Waals surface area contributed by atoms with Crippen LogP contribution in [0.1, 0.15) is 13.8 Å². The van der Waals surface area contributed by atoms with Gasteiger partial charge in [0.05, 0.1) is 13.2 Å². The molecule has 0 fully saturated rings. The molecule has 0 aromatic rings. The molecule has 0 rings (SSSR count). The smallest absolute Gasteiger partial charge is 0.304 e. The molecule has 0 saturated carbocycles. The van der Waals surface area contributed by atoms with Crippen molar-refractivity contribution in [3.8, 4) is 0 Å². The molecule has 0 aromatic carbocycles. The van der Waals surface area contributed by atoms with Crippen molar-refractivity contribution in [2.75, 3.05) is 20.3 Å². The molecule has 14 heavy (non-hydrogen) atoms. The summed E-state index contributed by atoms with van der Waals surface area (Å²) in [6.45, 7) is 3.27. The summed E-state index contributed by atoms with van der Waals surface area (Å²) >= 11 is 0. The number of methoxy groups -OCH3 is 1. The van der Waals surface area contributed by atoms with Crippen LogP contribution >= 0.6 is 8.03 Å². The second-order valence-electron chi connectivity index (χ2n) is 2.22. The Morgan fingerprint density at radius 3 is 2.21 bits per heavy atom. The summed E-state index contributed by atoms with van der Waals surface area (Å²) in [7, 11) is -5.61. The van der Waals surface area contributed by atoms with Crippen LogP contribution in [0, 0.1) is 0 Å². The van der Waals surface area contributed by atoms with E-state index in [-0.39, 0.29) is 13.2 Å². The van der Waals surface area contributed by atoms with E-state index in [2.05, 4.69) is 13.4 Å². The second kappa shape index (κ2) is 6.53. The summed E-state index contributed by atoms with van der Waals surface area (Å²) in [5.41, 5.74) is 0. The molecule has 6 nitrogen and oxygen atoms in total. The maximum absolute atomic E-state index is 11.3. The highest BCUT2D eigenvalue weighted by atomic mass is 32.2. The minimum atomic E-state index is -3.96. The average Bonchev–Trinajstić information content (AvgIpc) is 2.04. The van der Waals surface area contributed by atoms with Gasteiger partial charge in [0.25, 0.3) is 5.18 Å². The molecule has 8 heteroatoms. The lowest BCUT2D eigenvalue weighted by atomic mass is 10.9. The molecule has 0 radical (unpaired) electrons. The van der Waals surface area contributed by atoms with Crippen molar-refractivity contribution in [1.29, 1.82) is 0 Å². The van der Waals surface area contributed by atoms with Crippen molar-refractivity contribution in [3.05, 3.63) is 0 Å². The SMILES string of the molecule is CCO[PH](=O)C(OC)S(=O)(=O)OCC. The fourth-order valence-corrected chi connectivity index (χ4v) is 3.42. The van der Waals surface area contributed by atoms with Gasteiger partial charge in [0, 0.05) is 7.11 Å². The van der Waals surface area contributed by atoms with Crippen LogP contribution in [0.4, 0.5) is 0 Å². The monoisotopic (exact) mass is 246 g/mol. The van der Waals surface area contributed by atoms with Crippen molar-refractivity contribution in [2.24, 2.45) is 0 Å². The van der Waals surface area contributed by atoms with Crippen LogP contribution in [0.25, 0.3) is 0 Å². The first kappa shape index (κ1) is 14.1. The number of rotatable bonds is 7. The van der Waals surface area contributed by atoms with Crippen molar-refractivity contribution < 1.29 is 26.4 Å². The van der Waals surface area contributed by atoms with Crippen molar-refractivity contribution in [2.45, 2.75) is 19.0 Å². The van der Waals surface area contributed by atoms with Gasteiger partial charge in [-0.15, -0.1) is 0 Å². The standard InChI is InChI=1S/C6H15O6PS/c1-4-11-13(7)6(10-3)14(8,9)12-5-2/h6,13H,4-5H2,1-3H3. The van der Waals surface area contributed by atoms with E-state index in [0.29, 0.717) is 0 Å². The van der Waals surface area contributed by atoms with Gasteiger partial charge in [-0.2, -0.15) is 8.42 Å². The van der Waals surface area contributed by atoms with E-state index in [1.807, 2.05) is 0 Å². The van der Waals surface area contributed by atoms with Crippen LogP contribution in [-0.2, 0) is 28.1 Å². The second-order valence-corrected chi connectivity index (χ2v) is 5.74. The fraction of sp³-hybridized carbons (Fsp3) is 1.00. The molecule has 0 amide bonds. The maximum atomic E-state index is 11.3. The Morgan fingerprint density at radius 2 is 1.86 bits per heavy atom. The van der Waals surface area contributed by atoms with Crippen LogP contribution in [0.2, 0.25) is 0 Å². The predicted molar refractivity (Wildman–Crippen MR) is 52.0 cm³/mol. The Balaban J connectivity index is 4.63. The van der Waals surface area contributed by atoms with Crippen LogP contribution in [-0.4, -0.2) is 33.9 Å². The van der Waals surface area contributed by atoms with Gasteiger partial charge in [-0.3, -0.25) is 8.75 Å². The Morgan fingerprint density at radius 1 is 1.29 bits per heavy atom. The molecule has 0 aromatic heterocycles. The third kappa shape index (κ3) is 4.06. The van der Waals surface area contributed by atoms with Crippen LogP contribution in [0.5, 0.6) is 0 Å². The normalized spacial score (nSPS) is 16.5. The Labute approximate surface area is 84.5 Å². The number of hydrogen-bond acceptors (Lipinski definition) is 6. The highest BCUT2D eigenvalue weighted by Crippen LogP contribution is 2.34. The van der Waals surface area contributed by atoms with Crippen molar-refractivity contribution >= 4 is 18.1 Å². The molecule has 0 heterocycles. The maximum Gasteiger partial charge on any atom is 0.304 e. The number of hydrogen-bond donors (Lipinski definition) is 0. The van der Waals surface area contributed by atoms with Gasteiger partial charge in [0.15, 0.2) is 0 Å². The van der Waals surface area contributed by atoms with E-state index in [9.17, 15) is 13.0 Å². The predicted octanol–water partition coefficient (Wildman–Crippen LogP) is 0.794. The summed E-state index contributed by atoms with van der Waals surface area (Å²) < 4.78 is 47.5. The lowest BCUT2D eigenvalue weighted by Crippen LogP contribution is -2.22. The topological polar surface area (TPSA) is 78.9 Å². The first-order chi connectivity index (χ1) is 6.49. The van der Waals surface area contributed by atoms with Gasteiger partial charge < -0.3 is 9.26 Å². The summed E-state index contributed by atoms with van der Waals surface area (Å²) in [4.78, 5) is 0. The zero-order valence-corrected chi connectivity index (χ0v) is 10.2. The molecule has 0 aliphatic carbocycles. The highest BCUT2D eigenvalue weighted by molar-refractivity contribution is 7.92. The molecular weight excluding hydrogens is 231 g/mol. The summed E-state index contributed by atoms with van der Waals surface area (Å²) in [6.07, 6.45) is 0. The zero-order valence-electron chi connectivity index (χ0n) is 8.35. The third-order valence-electron chi connectivity index (χ3n) is 1.24. The summed E-state index contributed by atoms with van der Waals surface area (Å²) in [5.74, 6) is 0. The molecule has 0 aliphatic heterocycles. The average molecular weight is 246 g/mol. The minimum Gasteiger partial charge on any atom is -0.355 e. The van der Waals surface area contributed by atoms with E-state index in [1.165, 1.54) is 6.92 Å². The molecule has 0 aliphatic rings. The molecule has 0 spiro atoms. The molecule has 2 unspecified atom stereocenters. The van der Waals surface area contributed by atoms with Crippen LogP contribution in [0.3, 0.4) is 0 Å². The van der Waals surface area contributed by atoms with Gasteiger partial charge >= 0.3 is 10.1 Å². The van der Waals surface area contributed by atoms with Gasteiger partial charge in [-0.25, -0.2) is 0 Å². The van der Waals surface area contributed by atoms with Crippen LogP contribution in [0.15, 0.2) is 0 Å². The fourth-order valence-electron chi connectivity index (χ4n) is 0.768. The summed E-state index contributed by atoms with van der Waals surface area (Å²) in [5, 5.41) is -1.52.